The van der Waals surface area contributed by atoms with E-state index in [9.17, 15) is 0 Å². The number of hydrogen-bond acceptors (Lipinski definition) is 2. The van der Waals surface area contributed by atoms with Gasteiger partial charge in [-0.3, -0.25) is 0 Å². The van der Waals surface area contributed by atoms with E-state index in [1.54, 1.807) is 20.8 Å². The molecule has 3 heteroatoms. The Balaban J connectivity index is 0. The van der Waals surface area contributed by atoms with Crippen LogP contribution in [-0.4, -0.2) is 16.5 Å². The van der Waals surface area contributed by atoms with Crippen molar-refractivity contribution < 1.29 is 59.6 Å². The molecule has 0 aromatic rings. The van der Waals surface area contributed by atoms with Gasteiger partial charge in [0.25, 0.3) is 0 Å². The minimum absolute atomic E-state index is 0. The van der Waals surface area contributed by atoms with Gasteiger partial charge in [-0.15, -0.1) is 0 Å². The summed E-state index contributed by atoms with van der Waals surface area (Å²) in [5, 5.41) is 16.9. The summed E-state index contributed by atoms with van der Waals surface area (Å²) in [6, 6.07) is 0. The molecule has 0 aromatic heterocycles. The maximum Gasteiger partial charge on any atom is 0.156 e. The fourth-order valence-electron chi connectivity index (χ4n) is 0. The second kappa shape index (κ2) is 4.34. The zero-order chi connectivity index (χ0) is 6.08. The molecule has 0 aliphatic rings. The molecule has 8 heavy (non-hydrogen) atoms. The van der Waals surface area contributed by atoms with Crippen LogP contribution in [0.25, 0.3) is 0 Å². The zero-order valence-corrected chi connectivity index (χ0v) is 7.77. The quantitative estimate of drug-likeness (QED) is 0.614. The van der Waals surface area contributed by atoms with Gasteiger partial charge in [-0.05, 0) is 0 Å². The third-order valence-electron chi connectivity index (χ3n) is 0.775. The van der Waals surface area contributed by atoms with E-state index in [1.165, 1.54) is 0 Å². The number of hydrogen-bond donors (Lipinski definition) is 2. The maximum atomic E-state index is 8.44. The second-order valence-electron chi connectivity index (χ2n) is 2.74. The van der Waals surface area contributed by atoms with Gasteiger partial charge in [0.2, 0.25) is 0 Å². The molecule has 0 rings (SSSR count). The Kier molecular flexibility index (Phi) is 6.62. The van der Waals surface area contributed by atoms with E-state index in [-0.39, 0.29) is 54.8 Å². The first-order valence-electron chi connectivity index (χ1n) is 2.31. The summed E-state index contributed by atoms with van der Waals surface area (Å²) in [5.74, 6) is 0. The van der Waals surface area contributed by atoms with Crippen molar-refractivity contribution in [3.63, 3.8) is 0 Å². The Hall–Kier alpha value is 1.50. The molecule has 0 heterocycles. The van der Waals surface area contributed by atoms with Crippen LogP contribution < -0.4 is 0 Å². The van der Waals surface area contributed by atoms with Crippen LogP contribution in [0, 0.1) is 54.8 Å². The topological polar surface area (TPSA) is 40.5 Å². The van der Waals surface area contributed by atoms with Crippen LogP contribution in [0.2, 0.25) is 0 Å². The second-order valence-corrected chi connectivity index (χ2v) is 2.74. The molecule has 0 saturated heterocycles. The van der Waals surface area contributed by atoms with Crippen molar-refractivity contribution in [2.24, 2.45) is 5.41 Å². The molecule has 0 aliphatic heterocycles. The fraction of sp³-hybridized carbons (Fsp3) is 1.00. The number of rotatable bonds is 0. The van der Waals surface area contributed by atoms with E-state index in [4.69, 9.17) is 10.2 Å². The molecule has 2 nitrogen and oxygen atoms in total. The molecule has 0 fully saturated rings. The van der Waals surface area contributed by atoms with E-state index in [1.807, 2.05) is 0 Å². The van der Waals surface area contributed by atoms with Gasteiger partial charge in [0, 0.05) is 54.8 Å². The van der Waals surface area contributed by atoms with Crippen molar-refractivity contribution >= 4 is 0 Å². The summed E-state index contributed by atoms with van der Waals surface area (Å²) in [4.78, 5) is 0. The van der Waals surface area contributed by atoms with Crippen LogP contribution in [0.5, 0.6) is 0 Å². The van der Waals surface area contributed by atoms with Gasteiger partial charge >= 0.3 is 0 Å². The van der Waals surface area contributed by atoms with Gasteiger partial charge < -0.3 is 10.2 Å². The fourth-order valence-corrected chi connectivity index (χ4v) is 0. The van der Waals surface area contributed by atoms with Gasteiger partial charge in [-0.25, -0.2) is 0 Å². The van der Waals surface area contributed by atoms with Crippen LogP contribution in [-0.2, 0) is 0 Å². The van der Waals surface area contributed by atoms with E-state index < -0.39 is 6.29 Å². The number of aliphatic hydroxyl groups is 2. The molecule has 0 bridgehead atoms. The largest absolute Gasteiger partial charge is 0.368 e. The molecule has 0 saturated carbocycles. The van der Waals surface area contributed by atoms with Crippen LogP contribution >= 0.6 is 0 Å². The van der Waals surface area contributed by atoms with Gasteiger partial charge in [0.05, 0.1) is 0 Å². The van der Waals surface area contributed by atoms with Crippen LogP contribution in [0.15, 0.2) is 0 Å². The van der Waals surface area contributed by atoms with Crippen molar-refractivity contribution in [3.05, 3.63) is 0 Å². The molecular formula is C5H12EuO2. The normalized spacial score (nSPS) is 11.2. The third-order valence-corrected chi connectivity index (χ3v) is 0.775. The van der Waals surface area contributed by atoms with Crippen molar-refractivity contribution in [3.8, 4) is 0 Å². The standard InChI is InChI=1S/C5H12O2.Eu/c1-5(2,3)4(6)7;/h4,6-7H,1-3H3;. The third kappa shape index (κ3) is 5.64. The average molecular weight is 256 g/mol. The van der Waals surface area contributed by atoms with E-state index in [0.29, 0.717) is 0 Å². The molecule has 2 N–H and O–H groups in total. The summed E-state index contributed by atoms with van der Waals surface area (Å²) < 4.78 is 0. The first-order valence-corrected chi connectivity index (χ1v) is 2.31. The molecule has 0 aromatic carbocycles. The molecule has 1 radical (unpaired) electrons. The average Bonchev–Trinajstić information content (AvgIpc) is 1.31. The van der Waals surface area contributed by atoms with Crippen LogP contribution in [0.4, 0.5) is 0 Å². The molecule has 51 valence electrons. The Morgan fingerprint density at radius 3 is 1.25 bits per heavy atom. The summed E-state index contributed by atoms with van der Waals surface area (Å²) in [6.45, 7) is 5.28. The van der Waals surface area contributed by atoms with Gasteiger partial charge in [0.15, 0.2) is 6.29 Å². The van der Waals surface area contributed by atoms with E-state index >= 15 is 0 Å². The van der Waals surface area contributed by atoms with Crippen molar-refractivity contribution in [1.29, 1.82) is 0 Å². The van der Waals surface area contributed by atoms with Crippen molar-refractivity contribution in [2.45, 2.75) is 27.1 Å². The van der Waals surface area contributed by atoms with Crippen LogP contribution in [0.3, 0.4) is 0 Å². The minimum Gasteiger partial charge on any atom is -0.368 e. The Morgan fingerprint density at radius 1 is 1.12 bits per heavy atom. The monoisotopic (exact) mass is 257 g/mol. The first-order chi connectivity index (χ1) is 2.94. The summed E-state index contributed by atoms with van der Waals surface area (Å²) in [5.41, 5.74) is -0.389. The number of aliphatic hydroxyl groups excluding tert-OH is 1. The van der Waals surface area contributed by atoms with Crippen molar-refractivity contribution in [2.75, 3.05) is 0 Å². The Bertz CT molecular complexity index is 55.9. The molecule has 0 amide bonds. The minimum atomic E-state index is -1.20. The van der Waals surface area contributed by atoms with Gasteiger partial charge in [-0.2, -0.15) is 0 Å². The molecule has 0 aliphatic carbocycles. The Morgan fingerprint density at radius 2 is 1.25 bits per heavy atom. The predicted molar refractivity (Wildman–Crippen MR) is 27.7 cm³/mol. The SMILES string of the molecule is CC(C)(C)C(O)O.[Eu]. The van der Waals surface area contributed by atoms with Crippen molar-refractivity contribution in [1.82, 2.24) is 0 Å². The maximum absolute atomic E-state index is 8.44. The summed E-state index contributed by atoms with van der Waals surface area (Å²) in [7, 11) is 0. The molecule has 0 atom stereocenters. The van der Waals surface area contributed by atoms with Gasteiger partial charge in [0.1, 0.15) is 0 Å². The van der Waals surface area contributed by atoms with Gasteiger partial charge in [-0.1, -0.05) is 20.8 Å². The molecule has 0 unspecified atom stereocenters. The summed E-state index contributed by atoms with van der Waals surface area (Å²) in [6.07, 6.45) is -1.20. The van der Waals surface area contributed by atoms with E-state index in [2.05, 4.69) is 0 Å². The smallest absolute Gasteiger partial charge is 0.156 e. The molecule has 0 spiro atoms. The first kappa shape index (κ1) is 12.2. The zero-order valence-electron chi connectivity index (χ0n) is 5.35. The molecular weight excluding hydrogens is 244 g/mol. The Labute approximate surface area is 90.8 Å². The summed E-state index contributed by atoms with van der Waals surface area (Å²) >= 11 is 0. The van der Waals surface area contributed by atoms with E-state index in [0.717, 1.165) is 0 Å². The van der Waals surface area contributed by atoms with Crippen LogP contribution in [0.1, 0.15) is 20.8 Å². The predicted octanol–water partition coefficient (Wildman–Crippen LogP) is 0.343.